The Morgan fingerprint density at radius 2 is 1.69 bits per heavy atom. The van der Waals surface area contributed by atoms with Crippen LogP contribution in [0.25, 0.3) is 6.08 Å². The van der Waals surface area contributed by atoms with Crippen LogP contribution in [0.2, 0.25) is 0 Å². The third-order valence-corrected chi connectivity index (χ3v) is 7.55. The normalized spacial score (nSPS) is 15.0. The number of esters is 1. The quantitative estimate of drug-likeness (QED) is 0.367. The minimum Gasteiger partial charge on any atom is -0.465 e. The number of allylic oxidation sites excluding steroid dienone is 1. The number of carbonyl (C=O) groups is 2. The van der Waals surface area contributed by atoms with Gasteiger partial charge in [-0.1, -0.05) is 48.0 Å². The fraction of sp³-hybridized carbons (Fsp3) is 0.185. The summed E-state index contributed by atoms with van der Waals surface area (Å²) in [7, 11) is -2.60. The monoisotopic (exact) mass is 506 g/mol. The molecule has 0 atom stereocenters. The van der Waals surface area contributed by atoms with Crippen molar-refractivity contribution in [3.05, 3.63) is 106 Å². The summed E-state index contributed by atoms with van der Waals surface area (Å²) in [5.41, 5.74) is 2.43. The Bertz CT molecular complexity index is 1450. The van der Waals surface area contributed by atoms with Crippen molar-refractivity contribution >= 4 is 28.0 Å². The molecule has 0 saturated heterocycles. The first-order valence-electron chi connectivity index (χ1n) is 11.2. The molecule has 0 saturated carbocycles. The van der Waals surface area contributed by atoms with E-state index in [2.05, 4.69) is 5.32 Å². The molecule has 1 N–H and O–H groups in total. The molecule has 0 aliphatic carbocycles. The molecule has 36 heavy (non-hydrogen) atoms. The van der Waals surface area contributed by atoms with Gasteiger partial charge in [0.05, 0.1) is 29.7 Å². The van der Waals surface area contributed by atoms with Crippen molar-refractivity contribution in [3.63, 3.8) is 0 Å². The fourth-order valence-corrected chi connectivity index (χ4v) is 5.26. The number of furan rings is 1. The van der Waals surface area contributed by atoms with Crippen molar-refractivity contribution < 1.29 is 27.2 Å². The first-order chi connectivity index (χ1) is 17.2. The van der Waals surface area contributed by atoms with Crippen LogP contribution in [0.1, 0.15) is 29.6 Å². The van der Waals surface area contributed by atoms with Crippen molar-refractivity contribution in [2.24, 2.45) is 0 Å². The van der Waals surface area contributed by atoms with E-state index in [4.69, 9.17) is 9.15 Å². The van der Waals surface area contributed by atoms with Crippen LogP contribution in [0.15, 0.2) is 92.9 Å². The first-order valence-corrected chi connectivity index (χ1v) is 12.6. The lowest BCUT2D eigenvalue weighted by Crippen LogP contribution is -2.30. The largest absolute Gasteiger partial charge is 0.465 e. The molecule has 1 aliphatic rings. The number of aryl methyl sites for hydroxylation is 1. The zero-order valence-corrected chi connectivity index (χ0v) is 21.0. The Balaban J connectivity index is 1.65. The number of nitrogens with one attached hydrogen (secondary N) is 1. The van der Waals surface area contributed by atoms with Crippen LogP contribution in [-0.2, 0) is 37.4 Å². The van der Waals surface area contributed by atoms with E-state index >= 15 is 0 Å². The first kappa shape index (κ1) is 25.2. The molecule has 2 aromatic carbocycles. The van der Waals surface area contributed by atoms with Crippen LogP contribution in [0.3, 0.4) is 0 Å². The molecule has 8 nitrogen and oxygen atoms in total. The topological polar surface area (TPSA) is 106 Å². The van der Waals surface area contributed by atoms with Gasteiger partial charge in [-0.2, -0.15) is 4.31 Å². The maximum absolute atomic E-state index is 13.5. The number of methoxy groups -OCH3 is 1. The van der Waals surface area contributed by atoms with Crippen molar-refractivity contribution in [2.75, 3.05) is 7.11 Å². The number of carbonyl (C=O) groups excluding carboxylic acids is 2. The second-order valence-corrected chi connectivity index (χ2v) is 10.3. The Labute approximate surface area is 209 Å². The van der Waals surface area contributed by atoms with Gasteiger partial charge in [-0.25, -0.2) is 13.2 Å². The SMILES string of the molecule is COC(=O)C1=C(C)NC(=O)/C1=C/c1ccc(CN(Cc2ccccc2)S(=O)(=O)c2ccc(C)cc2)o1. The zero-order chi connectivity index (χ0) is 25.9. The lowest BCUT2D eigenvalue weighted by molar-refractivity contribution is -0.136. The summed E-state index contributed by atoms with van der Waals surface area (Å²) >= 11 is 0. The Morgan fingerprint density at radius 3 is 2.36 bits per heavy atom. The predicted octanol–water partition coefficient (Wildman–Crippen LogP) is 3.94. The van der Waals surface area contributed by atoms with Gasteiger partial charge >= 0.3 is 5.97 Å². The summed E-state index contributed by atoms with van der Waals surface area (Å²) in [6.45, 7) is 3.62. The van der Waals surface area contributed by atoms with E-state index in [9.17, 15) is 18.0 Å². The number of hydrogen-bond acceptors (Lipinski definition) is 6. The molecule has 3 aromatic rings. The lowest BCUT2D eigenvalue weighted by Gasteiger charge is -2.21. The molecule has 0 unspecified atom stereocenters. The van der Waals surface area contributed by atoms with Crippen LogP contribution >= 0.6 is 0 Å². The van der Waals surface area contributed by atoms with E-state index in [1.165, 1.54) is 17.5 Å². The predicted molar refractivity (Wildman–Crippen MR) is 134 cm³/mol. The average Bonchev–Trinajstić information content (AvgIpc) is 3.42. The average molecular weight is 507 g/mol. The number of ether oxygens (including phenoxy) is 1. The van der Waals surface area contributed by atoms with Crippen LogP contribution in [0.4, 0.5) is 0 Å². The number of hydrogen-bond donors (Lipinski definition) is 1. The number of nitrogens with zero attached hydrogens (tertiary/aromatic N) is 1. The molecule has 1 aromatic heterocycles. The summed E-state index contributed by atoms with van der Waals surface area (Å²) in [6, 6.07) is 19.2. The summed E-state index contributed by atoms with van der Waals surface area (Å²) in [5.74, 6) is -0.397. The second kappa shape index (κ2) is 10.3. The number of sulfonamides is 1. The highest BCUT2D eigenvalue weighted by molar-refractivity contribution is 7.89. The van der Waals surface area contributed by atoms with Gasteiger partial charge in [-0.15, -0.1) is 0 Å². The molecule has 9 heteroatoms. The van der Waals surface area contributed by atoms with Crippen molar-refractivity contribution in [3.8, 4) is 0 Å². The van der Waals surface area contributed by atoms with E-state index < -0.39 is 21.9 Å². The third kappa shape index (κ3) is 5.32. The van der Waals surface area contributed by atoms with Gasteiger partial charge in [-0.05, 0) is 49.8 Å². The minimum absolute atomic E-state index is 0.0286. The highest BCUT2D eigenvalue weighted by Crippen LogP contribution is 2.27. The Hall–Kier alpha value is -3.95. The highest BCUT2D eigenvalue weighted by Gasteiger charge is 2.31. The maximum Gasteiger partial charge on any atom is 0.340 e. The molecule has 0 fully saturated rings. The van der Waals surface area contributed by atoms with Gasteiger partial charge in [0.15, 0.2) is 0 Å². The summed E-state index contributed by atoms with van der Waals surface area (Å²) < 4.78 is 39.1. The Morgan fingerprint density at radius 1 is 1.00 bits per heavy atom. The molecule has 1 amide bonds. The molecule has 4 rings (SSSR count). The van der Waals surface area contributed by atoms with Crippen LogP contribution in [0.5, 0.6) is 0 Å². The van der Waals surface area contributed by atoms with Gasteiger partial charge in [0.2, 0.25) is 10.0 Å². The van der Waals surface area contributed by atoms with Gasteiger partial charge in [0.25, 0.3) is 5.91 Å². The minimum atomic E-state index is -3.84. The molecular weight excluding hydrogens is 480 g/mol. The molecule has 0 spiro atoms. The van der Waals surface area contributed by atoms with Crippen molar-refractivity contribution in [2.45, 2.75) is 31.8 Å². The third-order valence-electron chi connectivity index (χ3n) is 5.74. The van der Waals surface area contributed by atoms with E-state index in [0.717, 1.165) is 11.1 Å². The van der Waals surface area contributed by atoms with Gasteiger partial charge in [-0.3, -0.25) is 4.79 Å². The highest BCUT2D eigenvalue weighted by atomic mass is 32.2. The summed E-state index contributed by atoms with van der Waals surface area (Å²) in [6.07, 6.45) is 1.44. The fourth-order valence-electron chi connectivity index (χ4n) is 3.86. The number of benzene rings is 2. The summed E-state index contributed by atoms with van der Waals surface area (Å²) in [4.78, 5) is 24.7. The van der Waals surface area contributed by atoms with Crippen LogP contribution in [-0.4, -0.2) is 31.7 Å². The van der Waals surface area contributed by atoms with E-state index in [-0.39, 0.29) is 29.1 Å². The lowest BCUT2D eigenvalue weighted by atomic mass is 10.1. The molecule has 1 aliphatic heterocycles. The standard InChI is InChI=1S/C27H26N2O6S/c1-18-9-13-23(14-10-18)36(32,33)29(16-20-7-5-4-6-8-20)17-22-12-11-21(35-22)15-24-25(27(31)34-3)19(2)28-26(24)30/h4-15H,16-17H2,1-3H3,(H,28,30)/b24-15+. The molecule has 0 bridgehead atoms. The molecule has 0 radical (unpaired) electrons. The summed E-state index contributed by atoms with van der Waals surface area (Å²) in [5, 5.41) is 2.60. The molecule has 186 valence electrons. The van der Waals surface area contributed by atoms with Crippen molar-refractivity contribution in [1.82, 2.24) is 9.62 Å². The van der Waals surface area contributed by atoms with E-state index in [0.29, 0.717) is 17.2 Å². The number of amides is 1. The second-order valence-electron chi connectivity index (χ2n) is 8.38. The van der Waals surface area contributed by atoms with Gasteiger partial charge in [0, 0.05) is 12.2 Å². The zero-order valence-electron chi connectivity index (χ0n) is 20.1. The smallest absolute Gasteiger partial charge is 0.340 e. The number of rotatable bonds is 8. The van der Waals surface area contributed by atoms with E-state index in [1.807, 2.05) is 37.3 Å². The van der Waals surface area contributed by atoms with Crippen LogP contribution in [0, 0.1) is 6.92 Å². The van der Waals surface area contributed by atoms with Crippen molar-refractivity contribution in [1.29, 1.82) is 0 Å². The maximum atomic E-state index is 13.5. The molecular formula is C27H26N2O6S. The molecule has 2 heterocycles. The van der Waals surface area contributed by atoms with Crippen LogP contribution < -0.4 is 5.32 Å². The van der Waals surface area contributed by atoms with E-state index in [1.54, 1.807) is 43.3 Å². The van der Waals surface area contributed by atoms with Gasteiger partial charge < -0.3 is 14.5 Å². The Kier molecular flexibility index (Phi) is 7.23. The van der Waals surface area contributed by atoms with Gasteiger partial charge in [0.1, 0.15) is 11.5 Å².